The summed E-state index contributed by atoms with van der Waals surface area (Å²) in [7, 11) is 1.50. The smallest absolute Gasteiger partial charge is 0.138 e. The van der Waals surface area contributed by atoms with Gasteiger partial charge in [-0.25, -0.2) is 4.99 Å². The molecule has 1 aliphatic rings. The third-order valence-corrected chi connectivity index (χ3v) is 4.10. The molecule has 0 radical (unpaired) electrons. The van der Waals surface area contributed by atoms with Crippen LogP contribution in [-0.4, -0.2) is 30.9 Å². The second kappa shape index (κ2) is 12.1. The number of anilines is 2. The van der Waals surface area contributed by atoms with Gasteiger partial charge in [-0.1, -0.05) is 51.5 Å². The van der Waals surface area contributed by atoms with Gasteiger partial charge in [0.1, 0.15) is 5.84 Å². The molecule has 0 bridgehead atoms. The van der Waals surface area contributed by atoms with E-state index < -0.39 is 0 Å². The van der Waals surface area contributed by atoms with Crippen LogP contribution in [-0.2, 0) is 0 Å². The average molecular weight is 369 g/mol. The van der Waals surface area contributed by atoms with Crippen molar-refractivity contribution in [2.45, 2.75) is 47.5 Å². The van der Waals surface area contributed by atoms with Crippen molar-refractivity contribution in [3.8, 4) is 0 Å². The zero-order valence-electron chi connectivity index (χ0n) is 17.8. The molecule has 0 saturated heterocycles. The molecule has 1 heterocycles. The molecule has 148 valence electrons. The standard InChI is InChI=1S/C20H25N3.C2H6.CH5N/c1-4-12-23(13-5-2)20-16-14-15(3)10-11-17(16)21-18-8-6-7-9-19(18)22-20;2*1-2/h6-11,14,21H,4-5,12-13H2,1-3H3;1-2H3;2H2,1H3. The van der Waals surface area contributed by atoms with Gasteiger partial charge < -0.3 is 16.0 Å². The molecular formula is C23H36N4. The van der Waals surface area contributed by atoms with Gasteiger partial charge in [0.2, 0.25) is 0 Å². The van der Waals surface area contributed by atoms with Crippen LogP contribution in [0.2, 0.25) is 0 Å². The van der Waals surface area contributed by atoms with Crippen LogP contribution >= 0.6 is 0 Å². The number of hydrogen-bond donors (Lipinski definition) is 2. The molecule has 0 aromatic heterocycles. The lowest BCUT2D eigenvalue weighted by molar-refractivity contribution is 0.418. The third kappa shape index (κ3) is 5.83. The molecule has 0 saturated carbocycles. The first kappa shape index (κ1) is 22.7. The molecule has 2 aromatic carbocycles. The van der Waals surface area contributed by atoms with Crippen LogP contribution in [0.1, 0.15) is 51.7 Å². The highest BCUT2D eigenvalue weighted by molar-refractivity contribution is 6.07. The van der Waals surface area contributed by atoms with E-state index in [1.54, 1.807) is 0 Å². The Morgan fingerprint density at radius 3 is 2.19 bits per heavy atom. The molecule has 0 spiro atoms. The fourth-order valence-corrected chi connectivity index (χ4v) is 3.05. The van der Waals surface area contributed by atoms with Crippen LogP contribution in [0, 0.1) is 6.92 Å². The van der Waals surface area contributed by atoms with Crippen LogP contribution < -0.4 is 11.1 Å². The monoisotopic (exact) mass is 368 g/mol. The maximum atomic E-state index is 5.04. The Labute approximate surface area is 165 Å². The lowest BCUT2D eigenvalue weighted by atomic mass is 10.1. The molecule has 3 N–H and O–H groups in total. The maximum Gasteiger partial charge on any atom is 0.138 e. The molecular weight excluding hydrogens is 332 g/mol. The van der Waals surface area contributed by atoms with Gasteiger partial charge >= 0.3 is 0 Å². The number of nitrogens with two attached hydrogens (primary N) is 1. The van der Waals surface area contributed by atoms with Gasteiger partial charge in [0.15, 0.2) is 0 Å². The first-order valence-corrected chi connectivity index (χ1v) is 10.1. The maximum absolute atomic E-state index is 5.04. The highest BCUT2D eigenvalue weighted by atomic mass is 15.2. The minimum Gasteiger partial charge on any atom is -0.356 e. The van der Waals surface area contributed by atoms with E-state index in [1.165, 1.54) is 18.2 Å². The predicted molar refractivity (Wildman–Crippen MR) is 121 cm³/mol. The van der Waals surface area contributed by atoms with Crippen LogP contribution in [0.25, 0.3) is 0 Å². The fourth-order valence-electron chi connectivity index (χ4n) is 3.05. The van der Waals surface area contributed by atoms with E-state index in [1.807, 2.05) is 19.9 Å². The minimum absolute atomic E-state index is 1.01. The summed E-state index contributed by atoms with van der Waals surface area (Å²) in [5.41, 5.74) is 10.2. The average Bonchev–Trinajstić information content (AvgIpc) is 2.87. The van der Waals surface area contributed by atoms with E-state index in [-0.39, 0.29) is 0 Å². The normalized spacial score (nSPS) is 11.1. The van der Waals surface area contributed by atoms with E-state index in [2.05, 4.69) is 73.1 Å². The second-order valence-corrected chi connectivity index (χ2v) is 6.11. The van der Waals surface area contributed by atoms with Crippen molar-refractivity contribution in [1.29, 1.82) is 0 Å². The van der Waals surface area contributed by atoms with E-state index in [0.717, 1.165) is 48.8 Å². The Kier molecular flexibility index (Phi) is 10.2. The van der Waals surface area contributed by atoms with Gasteiger partial charge in [0, 0.05) is 24.3 Å². The molecule has 0 unspecified atom stereocenters. The summed E-state index contributed by atoms with van der Waals surface area (Å²) >= 11 is 0. The zero-order chi connectivity index (χ0) is 20.2. The number of fused-ring (bicyclic) bond motifs is 2. The molecule has 0 aliphatic carbocycles. The fraction of sp³-hybridized carbons (Fsp3) is 0.435. The SMILES string of the molecule is CC.CCCN(CCC)C1=Nc2ccccc2Nc2ccc(C)cc21.CN. The molecule has 3 rings (SSSR count). The Balaban J connectivity index is 0.000000855. The molecule has 2 aromatic rings. The van der Waals surface area contributed by atoms with Gasteiger partial charge in [0.05, 0.1) is 11.4 Å². The second-order valence-electron chi connectivity index (χ2n) is 6.11. The summed E-state index contributed by atoms with van der Waals surface area (Å²) in [6.07, 6.45) is 2.24. The van der Waals surface area contributed by atoms with Crippen LogP contribution in [0.15, 0.2) is 47.5 Å². The number of benzene rings is 2. The summed E-state index contributed by atoms with van der Waals surface area (Å²) in [5, 5.41) is 3.56. The lowest BCUT2D eigenvalue weighted by Crippen LogP contribution is -2.33. The highest BCUT2D eigenvalue weighted by Gasteiger charge is 2.20. The molecule has 4 nitrogen and oxygen atoms in total. The number of nitrogens with one attached hydrogen (secondary N) is 1. The number of nitrogens with zero attached hydrogens (tertiary/aromatic N) is 2. The zero-order valence-corrected chi connectivity index (χ0v) is 17.8. The molecule has 1 aliphatic heterocycles. The van der Waals surface area contributed by atoms with E-state index in [0.29, 0.717) is 0 Å². The Bertz CT molecular complexity index is 716. The van der Waals surface area contributed by atoms with Crippen molar-refractivity contribution >= 4 is 22.9 Å². The lowest BCUT2D eigenvalue weighted by Gasteiger charge is -2.26. The molecule has 0 fully saturated rings. The molecule has 0 atom stereocenters. The van der Waals surface area contributed by atoms with Crippen molar-refractivity contribution < 1.29 is 0 Å². The number of aliphatic imine (C=N–C) groups is 1. The summed E-state index contributed by atoms with van der Waals surface area (Å²) in [4.78, 5) is 7.46. The van der Waals surface area contributed by atoms with Crippen LogP contribution in [0.5, 0.6) is 0 Å². The predicted octanol–water partition coefficient (Wildman–Crippen LogP) is 5.85. The number of amidine groups is 1. The molecule has 4 heteroatoms. The minimum atomic E-state index is 1.01. The quantitative estimate of drug-likeness (QED) is 0.711. The Morgan fingerprint density at radius 1 is 0.926 bits per heavy atom. The molecule has 27 heavy (non-hydrogen) atoms. The van der Waals surface area contributed by atoms with E-state index in [4.69, 9.17) is 4.99 Å². The van der Waals surface area contributed by atoms with Crippen LogP contribution in [0.4, 0.5) is 17.1 Å². The first-order chi connectivity index (χ1) is 13.2. The highest BCUT2D eigenvalue weighted by Crippen LogP contribution is 2.35. The summed E-state index contributed by atoms with van der Waals surface area (Å²) in [6, 6.07) is 14.8. The summed E-state index contributed by atoms with van der Waals surface area (Å²) in [5.74, 6) is 1.09. The summed E-state index contributed by atoms with van der Waals surface area (Å²) in [6.45, 7) is 12.6. The van der Waals surface area contributed by atoms with Gasteiger partial charge in [-0.15, -0.1) is 0 Å². The van der Waals surface area contributed by atoms with Gasteiger partial charge in [-0.2, -0.15) is 0 Å². The number of hydrogen-bond acceptors (Lipinski definition) is 4. The van der Waals surface area contributed by atoms with Crippen molar-refractivity contribution in [2.24, 2.45) is 10.7 Å². The van der Waals surface area contributed by atoms with Gasteiger partial charge in [0.25, 0.3) is 0 Å². The largest absolute Gasteiger partial charge is 0.356 e. The van der Waals surface area contributed by atoms with E-state index in [9.17, 15) is 0 Å². The number of para-hydroxylation sites is 2. The van der Waals surface area contributed by atoms with Crippen molar-refractivity contribution in [3.05, 3.63) is 53.6 Å². The van der Waals surface area contributed by atoms with Gasteiger partial charge in [-0.05, 0) is 51.1 Å². The van der Waals surface area contributed by atoms with E-state index >= 15 is 0 Å². The number of aryl methyl sites for hydroxylation is 1. The summed E-state index contributed by atoms with van der Waals surface area (Å²) < 4.78 is 0. The van der Waals surface area contributed by atoms with Crippen LogP contribution in [0.3, 0.4) is 0 Å². The van der Waals surface area contributed by atoms with Gasteiger partial charge in [-0.3, -0.25) is 0 Å². The Hall–Kier alpha value is -2.33. The molecule has 0 amide bonds. The third-order valence-electron chi connectivity index (χ3n) is 4.10. The van der Waals surface area contributed by atoms with Crippen molar-refractivity contribution in [2.75, 3.05) is 25.5 Å². The first-order valence-electron chi connectivity index (χ1n) is 10.1. The Morgan fingerprint density at radius 2 is 1.56 bits per heavy atom. The van der Waals surface area contributed by atoms with Crippen molar-refractivity contribution in [3.63, 3.8) is 0 Å². The number of rotatable bonds is 4. The topological polar surface area (TPSA) is 53.6 Å². The van der Waals surface area contributed by atoms with Crippen molar-refractivity contribution in [1.82, 2.24) is 4.90 Å².